The lowest BCUT2D eigenvalue weighted by Crippen LogP contribution is -2.27. The van der Waals surface area contributed by atoms with Crippen molar-refractivity contribution in [1.29, 1.82) is 0 Å². The van der Waals surface area contributed by atoms with E-state index in [0.29, 0.717) is 17.7 Å². The van der Waals surface area contributed by atoms with Gasteiger partial charge in [-0.1, -0.05) is 42.5 Å². The standard InChI is InChI=1S/C25H20N4O2/c1-31-20-9-5-8-19(14-20)25(30)29-24(16-22(28-29)17-6-3-2-4-7-17)18-10-11-21-23(15-18)27-13-12-26-21/h2-15,24H,16H2,1H3. The third kappa shape index (κ3) is 3.64. The molecule has 0 radical (unpaired) electrons. The summed E-state index contributed by atoms with van der Waals surface area (Å²) in [5.41, 5.74) is 5.00. The van der Waals surface area contributed by atoms with Gasteiger partial charge >= 0.3 is 0 Å². The predicted molar refractivity (Wildman–Crippen MR) is 119 cm³/mol. The largest absolute Gasteiger partial charge is 0.497 e. The Morgan fingerprint density at radius 1 is 0.935 bits per heavy atom. The number of hydrogen-bond acceptors (Lipinski definition) is 5. The highest BCUT2D eigenvalue weighted by Crippen LogP contribution is 2.35. The molecule has 3 aromatic carbocycles. The highest BCUT2D eigenvalue weighted by molar-refractivity contribution is 6.05. The summed E-state index contributed by atoms with van der Waals surface area (Å²) in [5, 5.41) is 6.33. The third-order valence-corrected chi connectivity index (χ3v) is 5.42. The molecular formula is C25H20N4O2. The average Bonchev–Trinajstić information content (AvgIpc) is 3.29. The van der Waals surface area contributed by atoms with Crippen molar-refractivity contribution in [3.8, 4) is 5.75 Å². The Kier molecular flexibility index (Phi) is 4.88. The smallest absolute Gasteiger partial charge is 0.274 e. The number of carbonyl (C=O) groups is 1. The number of nitrogens with zero attached hydrogens (tertiary/aromatic N) is 4. The Morgan fingerprint density at radius 3 is 2.55 bits per heavy atom. The number of rotatable bonds is 4. The maximum Gasteiger partial charge on any atom is 0.274 e. The molecule has 1 aliphatic rings. The van der Waals surface area contributed by atoms with Crippen molar-refractivity contribution in [2.45, 2.75) is 12.5 Å². The summed E-state index contributed by atoms with van der Waals surface area (Å²) < 4.78 is 5.30. The van der Waals surface area contributed by atoms with Crippen molar-refractivity contribution in [1.82, 2.24) is 15.0 Å². The molecule has 31 heavy (non-hydrogen) atoms. The molecule has 1 aliphatic heterocycles. The van der Waals surface area contributed by atoms with Crippen LogP contribution < -0.4 is 4.74 Å². The number of ether oxygens (including phenoxy) is 1. The van der Waals surface area contributed by atoms with Gasteiger partial charge in [0.1, 0.15) is 5.75 Å². The van der Waals surface area contributed by atoms with E-state index >= 15 is 0 Å². The van der Waals surface area contributed by atoms with Crippen molar-refractivity contribution < 1.29 is 9.53 Å². The zero-order chi connectivity index (χ0) is 21.2. The van der Waals surface area contributed by atoms with Gasteiger partial charge in [-0.25, -0.2) is 5.01 Å². The third-order valence-electron chi connectivity index (χ3n) is 5.42. The van der Waals surface area contributed by atoms with Gasteiger partial charge in [-0.2, -0.15) is 5.10 Å². The van der Waals surface area contributed by atoms with Crippen molar-refractivity contribution in [2.24, 2.45) is 5.10 Å². The van der Waals surface area contributed by atoms with Crippen LogP contribution in [0.15, 0.2) is 90.3 Å². The Hall–Kier alpha value is -4.06. The highest BCUT2D eigenvalue weighted by atomic mass is 16.5. The second-order valence-corrected chi connectivity index (χ2v) is 7.32. The SMILES string of the molecule is COc1cccc(C(=O)N2N=C(c3ccccc3)CC2c2ccc3nccnc3c2)c1. The summed E-state index contributed by atoms with van der Waals surface area (Å²) in [6.07, 6.45) is 3.96. The van der Waals surface area contributed by atoms with Gasteiger partial charge in [-0.15, -0.1) is 0 Å². The lowest BCUT2D eigenvalue weighted by Gasteiger charge is -2.22. The minimum Gasteiger partial charge on any atom is -0.497 e. The van der Waals surface area contributed by atoms with Crippen LogP contribution in [0, 0.1) is 0 Å². The van der Waals surface area contributed by atoms with Gasteiger partial charge in [0, 0.05) is 24.4 Å². The summed E-state index contributed by atoms with van der Waals surface area (Å²) in [4.78, 5) is 22.2. The average molecular weight is 408 g/mol. The molecule has 1 amide bonds. The molecule has 1 atom stereocenters. The zero-order valence-corrected chi connectivity index (χ0v) is 17.0. The van der Waals surface area contributed by atoms with Crippen LogP contribution in [0.1, 0.15) is 33.9 Å². The molecule has 0 aliphatic carbocycles. The molecule has 0 N–H and O–H groups in total. The Labute approximate surface area is 179 Å². The molecule has 0 fully saturated rings. The molecule has 0 saturated carbocycles. The molecule has 2 heterocycles. The quantitative estimate of drug-likeness (QED) is 0.494. The molecule has 152 valence electrons. The zero-order valence-electron chi connectivity index (χ0n) is 17.0. The number of carbonyl (C=O) groups excluding carboxylic acids is 1. The van der Waals surface area contributed by atoms with Gasteiger partial charge in [0.15, 0.2) is 0 Å². The number of hydrogen-bond donors (Lipinski definition) is 0. The normalized spacial score (nSPS) is 15.7. The molecule has 0 spiro atoms. The van der Waals surface area contributed by atoms with Crippen molar-refractivity contribution in [2.75, 3.05) is 7.11 Å². The van der Waals surface area contributed by atoms with E-state index in [2.05, 4.69) is 9.97 Å². The molecule has 0 saturated heterocycles. The fourth-order valence-corrected chi connectivity index (χ4v) is 3.84. The predicted octanol–water partition coefficient (Wildman–Crippen LogP) is 4.63. The van der Waals surface area contributed by atoms with Crippen LogP contribution in [0.5, 0.6) is 5.75 Å². The van der Waals surface area contributed by atoms with Crippen molar-refractivity contribution in [3.63, 3.8) is 0 Å². The van der Waals surface area contributed by atoms with Crippen LogP contribution in [0.2, 0.25) is 0 Å². The molecular weight excluding hydrogens is 388 g/mol. The lowest BCUT2D eigenvalue weighted by molar-refractivity contribution is 0.0711. The topological polar surface area (TPSA) is 67.7 Å². The van der Waals surface area contributed by atoms with Crippen molar-refractivity contribution >= 4 is 22.7 Å². The van der Waals surface area contributed by atoms with Crippen LogP contribution in [0.25, 0.3) is 11.0 Å². The van der Waals surface area contributed by atoms with E-state index in [1.54, 1.807) is 36.6 Å². The Bertz CT molecular complexity index is 1290. The molecule has 5 rings (SSSR count). The first-order valence-electron chi connectivity index (χ1n) is 10.0. The Morgan fingerprint density at radius 2 is 1.74 bits per heavy atom. The van der Waals surface area contributed by atoms with E-state index in [9.17, 15) is 4.79 Å². The number of hydrazone groups is 1. The molecule has 1 unspecified atom stereocenters. The van der Waals surface area contributed by atoms with E-state index in [-0.39, 0.29) is 11.9 Å². The van der Waals surface area contributed by atoms with Gasteiger partial charge in [-0.3, -0.25) is 14.8 Å². The second kappa shape index (κ2) is 7.99. The fraction of sp³-hybridized carbons (Fsp3) is 0.120. The van der Waals surface area contributed by atoms with E-state index in [0.717, 1.165) is 27.9 Å². The van der Waals surface area contributed by atoms with Crippen LogP contribution in [-0.4, -0.2) is 33.7 Å². The van der Waals surface area contributed by atoms with Gasteiger partial charge in [0.25, 0.3) is 5.91 Å². The molecule has 0 bridgehead atoms. The van der Waals surface area contributed by atoms with Gasteiger partial charge < -0.3 is 4.74 Å². The van der Waals surface area contributed by atoms with E-state index < -0.39 is 0 Å². The maximum absolute atomic E-state index is 13.5. The molecule has 4 aromatic rings. The highest BCUT2D eigenvalue weighted by Gasteiger charge is 2.34. The van der Waals surface area contributed by atoms with Crippen LogP contribution in [0.3, 0.4) is 0 Å². The van der Waals surface area contributed by atoms with Crippen molar-refractivity contribution in [3.05, 3.63) is 102 Å². The monoisotopic (exact) mass is 408 g/mol. The fourth-order valence-electron chi connectivity index (χ4n) is 3.84. The minimum atomic E-state index is -0.236. The summed E-state index contributed by atoms with van der Waals surface area (Å²) in [5.74, 6) is 0.462. The van der Waals surface area contributed by atoms with Gasteiger partial charge in [0.2, 0.25) is 0 Å². The molecule has 6 nitrogen and oxygen atoms in total. The maximum atomic E-state index is 13.5. The van der Waals surface area contributed by atoms with Crippen LogP contribution >= 0.6 is 0 Å². The molecule has 6 heteroatoms. The summed E-state index contributed by atoms with van der Waals surface area (Å²) in [6, 6.07) is 22.8. The van der Waals surface area contributed by atoms with Crippen LogP contribution in [-0.2, 0) is 0 Å². The second-order valence-electron chi connectivity index (χ2n) is 7.32. The number of amides is 1. The van der Waals surface area contributed by atoms with Gasteiger partial charge in [0.05, 0.1) is 29.9 Å². The summed E-state index contributed by atoms with van der Waals surface area (Å²) in [6.45, 7) is 0. The first-order valence-corrected chi connectivity index (χ1v) is 10.0. The van der Waals surface area contributed by atoms with E-state index in [1.807, 2.05) is 60.7 Å². The van der Waals surface area contributed by atoms with Gasteiger partial charge in [-0.05, 0) is 41.5 Å². The van der Waals surface area contributed by atoms with Crippen LogP contribution in [0.4, 0.5) is 0 Å². The first kappa shape index (κ1) is 18.9. The van der Waals surface area contributed by atoms with E-state index in [4.69, 9.17) is 9.84 Å². The number of fused-ring (bicyclic) bond motifs is 1. The lowest BCUT2D eigenvalue weighted by atomic mass is 9.97. The number of benzene rings is 3. The number of aromatic nitrogens is 2. The molecule has 1 aromatic heterocycles. The Balaban J connectivity index is 1.57. The summed E-state index contributed by atoms with van der Waals surface area (Å²) >= 11 is 0. The summed E-state index contributed by atoms with van der Waals surface area (Å²) in [7, 11) is 1.59. The van der Waals surface area contributed by atoms with E-state index in [1.165, 1.54) is 0 Å². The first-order chi connectivity index (χ1) is 15.2. The number of methoxy groups -OCH3 is 1. The minimum absolute atomic E-state index is 0.172.